The number of nitrogens with one attached hydrogen (secondary N) is 1. The maximum absolute atomic E-state index is 5.72. The minimum Gasteiger partial charge on any atom is -0.383 e. The van der Waals surface area contributed by atoms with Crippen molar-refractivity contribution in [3.63, 3.8) is 0 Å². The second-order valence-corrected chi connectivity index (χ2v) is 3.50. The van der Waals surface area contributed by atoms with Crippen molar-refractivity contribution in [1.82, 2.24) is 15.3 Å². The predicted octanol–water partition coefficient (Wildman–Crippen LogP) is 0.122. The Kier molecular flexibility index (Phi) is 2.69. The molecule has 3 N–H and O–H groups in total. The minimum atomic E-state index is 0.207. The number of piperazine rings is 1. The highest BCUT2D eigenvalue weighted by atomic mass is 35.5. The number of halogens is 1. The third-order valence-electron chi connectivity index (χ3n) is 2.15. The minimum absolute atomic E-state index is 0.207. The number of hydrogen-bond acceptors (Lipinski definition) is 5. The number of rotatable bonds is 1. The van der Waals surface area contributed by atoms with Crippen molar-refractivity contribution in [2.24, 2.45) is 0 Å². The van der Waals surface area contributed by atoms with Crippen LogP contribution < -0.4 is 16.0 Å². The topological polar surface area (TPSA) is 67.1 Å². The van der Waals surface area contributed by atoms with Crippen molar-refractivity contribution in [2.45, 2.75) is 0 Å². The molecule has 0 spiro atoms. The summed E-state index contributed by atoms with van der Waals surface area (Å²) in [4.78, 5) is 10.1. The van der Waals surface area contributed by atoms with E-state index in [1.807, 2.05) is 0 Å². The number of aromatic nitrogens is 2. The van der Waals surface area contributed by atoms with Crippen molar-refractivity contribution in [3.05, 3.63) is 11.3 Å². The zero-order valence-corrected chi connectivity index (χ0v) is 8.46. The van der Waals surface area contributed by atoms with Gasteiger partial charge >= 0.3 is 0 Å². The van der Waals surface area contributed by atoms with E-state index in [4.69, 9.17) is 17.3 Å². The van der Waals surface area contributed by atoms with Gasteiger partial charge in [0.15, 0.2) is 0 Å². The summed E-state index contributed by atoms with van der Waals surface area (Å²) in [5.41, 5.74) is 5.59. The molecule has 0 bridgehead atoms. The van der Waals surface area contributed by atoms with Crippen LogP contribution >= 0.6 is 11.6 Å². The lowest BCUT2D eigenvalue weighted by Crippen LogP contribution is -2.43. The Morgan fingerprint density at radius 2 is 2.07 bits per heavy atom. The molecule has 5 nitrogen and oxygen atoms in total. The maximum atomic E-state index is 5.72. The number of nitrogens with two attached hydrogens (primary N) is 1. The Hall–Kier alpha value is -1.07. The van der Waals surface area contributed by atoms with Crippen LogP contribution in [0.4, 0.5) is 11.6 Å². The van der Waals surface area contributed by atoms with Crippen LogP contribution in [-0.2, 0) is 0 Å². The normalized spacial score (nSPS) is 17.1. The fourth-order valence-corrected chi connectivity index (χ4v) is 1.66. The summed E-state index contributed by atoms with van der Waals surface area (Å²) >= 11 is 5.72. The summed E-state index contributed by atoms with van der Waals surface area (Å²) in [6, 6.07) is 1.75. The lowest BCUT2D eigenvalue weighted by molar-refractivity contribution is 0.584. The maximum Gasteiger partial charge on any atom is 0.226 e. The summed E-state index contributed by atoms with van der Waals surface area (Å²) in [7, 11) is 0. The Bertz CT molecular complexity index is 303. The van der Waals surface area contributed by atoms with Crippen LogP contribution in [0.25, 0.3) is 0 Å². The van der Waals surface area contributed by atoms with E-state index in [0.717, 1.165) is 32.0 Å². The molecule has 0 saturated carbocycles. The second kappa shape index (κ2) is 3.98. The summed E-state index contributed by atoms with van der Waals surface area (Å²) in [6.07, 6.45) is 0. The van der Waals surface area contributed by atoms with Gasteiger partial charge in [0.1, 0.15) is 11.6 Å². The van der Waals surface area contributed by atoms with Crippen molar-refractivity contribution >= 4 is 23.2 Å². The van der Waals surface area contributed by atoms with Crippen molar-refractivity contribution in [3.8, 4) is 0 Å². The van der Waals surface area contributed by atoms with Gasteiger partial charge in [-0.2, -0.15) is 0 Å². The number of nitrogen functional groups attached to an aromatic ring is 1. The molecule has 1 aliphatic rings. The monoisotopic (exact) mass is 213 g/mol. The molecule has 0 amide bonds. The van der Waals surface area contributed by atoms with Crippen LogP contribution in [0.2, 0.25) is 5.28 Å². The quantitative estimate of drug-likeness (QED) is 0.649. The van der Waals surface area contributed by atoms with Gasteiger partial charge in [-0.1, -0.05) is 0 Å². The molecule has 0 unspecified atom stereocenters. The molecule has 0 atom stereocenters. The summed E-state index contributed by atoms with van der Waals surface area (Å²) < 4.78 is 0. The van der Waals surface area contributed by atoms with E-state index in [2.05, 4.69) is 20.2 Å². The van der Waals surface area contributed by atoms with Crippen LogP contribution in [0.5, 0.6) is 0 Å². The third kappa shape index (κ3) is 2.05. The van der Waals surface area contributed by atoms with E-state index in [-0.39, 0.29) is 5.28 Å². The average Bonchev–Trinajstić information content (AvgIpc) is 2.18. The highest BCUT2D eigenvalue weighted by molar-refractivity contribution is 6.28. The van der Waals surface area contributed by atoms with Gasteiger partial charge in [-0.15, -0.1) is 0 Å². The Balaban J connectivity index is 2.21. The standard InChI is InChI=1S/C8H12ClN5/c9-8-12-6(10)5-7(13-8)14-3-1-11-2-4-14/h5,11H,1-4H2,(H2,10,12,13). The molecule has 76 valence electrons. The second-order valence-electron chi connectivity index (χ2n) is 3.16. The van der Waals surface area contributed by atoms with Gasteiger partial charge in [-0.3, -0.25) is 0 Å². The molecule has 0 aliphatic carbocycles. The highest BCUT2D eigenvalue weighted by Gasteiger charge is 2.12. The molecule has 1 aromatic heterocycles. The molecule has 1 fully saturated rings. The van der Waals surface area contributed by atoms with Crippen molar-refractivity contribution in [1.29, 1.82) is 0 Å². The third-order valence-corrected chi connectivity index (χ3v) is 2.32. The van der Waals surface area contributed by atoms with Crippen LogP contribution in [-0.4, -0.2) is 36.1 Å². The van der Waals surface area contributed by atoms with Gasteiger partial charge in [0.25, 0.3) is 0 Å². The zero-order valence-electron chi connectivity index (χ0n) is 7.70. The molecule has 0 radical (unpaired) electrons. The Morgan fingerprint density at radius 3 is 2.71 bits per heavy atom. The van der Waals surface area contributed by atoms with E-state index >= 15 is 0 Å². The zero-order chi connectivity index (χ0) is 9.97. The summed E-state index contributed by atoms with van der Waals surface area (Å²) in [5.74, 6) is 1.22. The van der Waals surface area contributed by atoms with Gasteiger partial charge in [0.05, 0.1) is 0 Å². The summed E-state index contributed by atoms with van der Waals surface area (Å²) in [5, 5.41) is 3.47. The van der Waals surface area contributed by atoms with E-state index in [9.17, 15) is 0 Å². The first-order chi connectivity index (χ1) is 6.75. The van der Waals surface area contributed by atoms with Gasteiger partial charge in [0, 0.05) is 32.2 Å². The van der Waals surface area contributed by atoms with Crippen molar-refractivity contribution < 1.29 is 0 Å². The largest absolute Gasteiger partial charge is 0.383 e. The van der Waals surface area contributed by atoms with Gasteiger partial charge in [0.2, 0.25) is 5.28 Å². The molecule has 2 heterocycles. The van der Waals surface area contributed by atoms with Crippen LogP contribution in [0.1, 0.15) is 0 Å². The van der Waals surface area contributed by atoms with Crippen LogP contribution in [0, 0.1) is 0 Å². The molecule has 0 aromatic carbocycles. The summed E-state index contributed by atoms with van der Waals surface area (Å²) in [6.45, 7) is 3.77. The molecule has 14 heavy (non-hydrogen) atoms. The average molecular weight is 214 g/mol. The number of anilines is 2. The SMILES string of the molecule is Nc1cc(N2CCNCC2)nc(Cl)n1. The predicted molar refractivity (Wildman–Crippen MR) is 56.5 cm³/mol. The number of hydrogen-bond donors (Lipinski definition) is 2. The van der Waals surface area contributed by atoms with Crippen molar-refractivity contribution in [2.75, 3.05) is 36.8 Å². The highest BCUT2D eigenvalue weighted by Crippen LogP contribution is 2.16. The Labute approximate surface area is 87.3 Å². The molecule has 6 heteroatoms. The van der Waals surface area contributed by atoms with E-state index in [1.54, 1.807) is 6.07 Å². The molecule has 1 aliphatic heterocycles. The first kappa shape index (κ1) is 9.48. The van der Waals surface area contributed by atoms with Gasteiger partial charge in [-0.05, 0) is 11.6 Å². The van der Waals surface area contributed by atoms with E-state index in [0.29, 0.717) is 5.82 Å². The molecule has 2 rings (SSSR count). The molecular weight excluding hydrogens is 202 g/mol. The van der Waals surface area contributed by atoms with E-state index in [1.165, 1.54) is 0 Å². The molecule has 1 aromatic rings. The smallest absolute Gasteiger partial charge is 0.226 e. The lowest BCUT2D eigenvalue weighted by atomic mass is 10.3. The number of nitrogens with zero attached hydrogens (tertiary/aromatic N) is 3. The van der Waals surface area contributed by atoms with Crippen LogP contribution in [0.3, 0.4) is 0 Å². The fraction of sp³-hybridized carbons (Fsp3) is 0.500. The first-order valence-electron chi connectivity index (χ1n) is 4.51. The van der Waals surface area contributed by atoms with E-state index < -0.39 is 0 Å². The van der Waals surface area contributed by atoms with Gasteiger partial charge in [-0.25, -0.2) is 9.97 Å². The fourth-order valence-electron chi connectivity index (χ4n) is 1.48. The molecular formula is C8H12ClN5. The van der Waals surface area contributed by atoms with Gasteiger partial charge < -0.3 is 16.0 Å². The lowest BCUT2D eigenvalue weighted by Gasteiger charge is -2.28. The molecule has 1 saturated heterocycles. The Morgan fingerprint density at radius 1 is 1.36 bits per heavy atom. The first-order valence-corrected chi connectivity index (χ1v) is 4.89. The van der Waals surface area contributed by atoms with Crippen LogP contribution in [0.15, 0.2) is 6.07 Å².